The summed E-state index contributed by atoms with van der Waals surface area (Å²) in [6.07, 6.45) is 4.84. The van der Waals surface area contributed by atoms with E-state index in [2.05, 4.69) is 4.98 Å². The average molecular weight is 231 g/mol. The van der Waals surface area contributed by atoms with Crippen molar-refractivity contribution in [3.05, 3.63) is 42.0 Å². The summed E-state index contributed by atoms with van der Waals surface area (Å²) in [5.74, 6) is 0.524. The molecule has 0 aliphatic carbocycles. The molecule has 4 heteroatoms. The maximum atomic E-state index is 13.2. The van der Waals surface area contributed by atoms with Gasteiger partial charge in [0.25, 0.3) is 0 Å². The lowest BCUT2D eigenvalue weighted by Gasteiger charge is -2.23. The number of nitrogens with zero attached hydrogens (tertiary/aromatic N) is 2. The van der Waals surface area contributed by atoms with Gasteiger partial charge in [-0.15, -0.1) is 0 Å². The second-order valence-corrected chi connectivity index (χ2v) is 4.41. The summed E-state index contributed by atoms with van der Waals surface area (Å²) in [6, 6.07) is 6.49. The zero-order valence-corrected chi connectivity index (χ0v) is 9.44. The third kappa shape index (κ3) is 1.74. The van der Waals surface area contributed by atoms with Crippen LogP contribution in [0.3, 0.4) is 0 Å². The van der Waals surface area contributed by atoms with Crippen molar-refractivity contribution in [2.45, 2.75) is 25.4 Å². The third-order valence-corrected chi connectivity index (χ3v) is 3.22. The number of imidazole rings is 1. The van der Waals surface area contributed by atoms with Gasteiger partial charge in [0.2, 0.25) is 0 Å². The van der Waals surface area contributed by atoms with Gasteiger partial charge in [0, 0.05) is 17.5 Å². The van der Waals surface area contributed by atoms with Crippen molar-refractivity contribution in [1.82, 2.24) is 9.55 Å². The van der Waals surface area contributed by atoms with Crippen molar-refractivity contribution < 1.29 is 4.39 Å². The Morgan fingerprint density at radius 1 is 1.41 bits per heavy atom. The molecule has 1 aliphatic rings. The number of aromatic nitrogens is 2. The SMILES string of the molecule is NC1CCCc2cnc(-c3cccc(F)c3)n21. The number of halogens is 1. The molecule has 1 unspecified atom stereocenters. The number of aryl methyl sites for hydroxylation is 1. The molecule has 0 saturated carbocycles. The van der Waals surface area contributed by atoms with Crippen LogP contribution in [0.25, 0.3) is 11.4 Å². The standard InChI is InChI=1S/C13H14FN3/c14-10-4-1-3-9(7-10)13-16-8-11-5-2-6-12(15)17(11)13/h1,3-4,7-8,12H,2,5-6,15H2. The Morgan fingerprint density at radius 3 is 3.12 bits per heavy atom. The first-order valence-corrected chi connectivity index (χ1v) is 5.83. The molecule has 0 bridgehead atoms. The predicted molar refractivity (Wildman–Crippen MR) is 63.8 cm³/mol. The molecule has 1 aromatic heterocycles. The first kappa shape index (κ1) is 10.5. The molecule has 1 aromatic carbocycles. The molecular formula is C13H14FN3. The van der Waals surface area contributed by atoms with E-state index in [0.717, 1.165) is 36.3 Å². The van der Waals surface area contributed by atoms with Gasteiger partial charge in [-0.25, -0.2) is 9.37 Å². The summed E-state index contributed by atoms with van der Waals surface area (Å²) in [5, 5.41) is 0. The van der Waals surface area contributed by atoms with Crippen molar-refractivity contribution in [3.8, 4) is 11.4 Å². The maximum absolute atomic E-state index is 13.2. The molecule has 0 radical (unpaired) electrons. The Balaban J connectivity index is 2.13. The van der Waals surface area contributed by atoms with Crippen LogP contribution in [-0.4, -0.2) is 9.55 Å². The average Bonchev–Trinajstić information content (AvgIpc) is 2.74. The maximum Gasteiger partial charge on any atom is 0.141 e. The van der Waals surface area contributed by atoms with Crippen LogP contribution in [0.1, 0.15) is 24.7 Å². The highest BCUT2D eigenvalue weighted by molar-refractivity contribution is 5.56. The fourth-order valence-electron chi connectivity index (χ4n) is 2.41. The van der Waals surface area contributed by atoms with Crippen LogP contribution in [0.15, 0.2) is 30.5 Å². The van der Waals surface area contributed by atoms with Gasteiger partial charge >= 0.3 is 0 Å². The van der Waals surface area contributed by atoms with E-state index in [4.69, 9.17) is 5.73 Å². The highest BCUT2D eigenvalue weighted by Gasteiger charge is 2.20. The van der Waals surface area contributed by atoms with Crippen molar-refractivity contribution in [2.24, 2.45) is 5.73 Å². The Morgan fingerprint density at radius 2 is 2.29 bits per heavy atom. The highest BCUT2D eigenvalue weighted by atomic mass is 19.1. The molecular weight excluding hydrogens is 217 g/mol. The second kappa shape index (κ2) is 3.96. The number of hydrogen-bond donors (Lipinski definition) is 1. The van der Waals surface area contributed by atoms with Gasteiger partial charge in [0.05, 0.1) is 6.17 Å². The number of benzene rings is 1. The van der Waals surface area contributed by atoms with Gasteiger partial charge in [-0.05, 0) is 31.4 Å². The van der Waals surface area contributed by atoms with Gasteiger partial charge in [0.15, 0.2) is 0 Å². The predicted octanol–water partition coefficient (Wildman–Crippen LogP) is 2.48. The van der Waals surface area contributed by atoms with E-state index in [9.17, 15) is 4.39 Å². The topological polar surface area (TPSA) is 43.8 Å². The smallest absolute Gasteiger partial charge is 0.141 e. The Kier molecular flexibility index (Phi) is 2.44. The Hall–Kier alpha value is -1.68. The molecule has 2 N–H and O–H groups in total. The van der Waals surface area contributed by atoms with E-state index in [1.807, 2.05) is 16.8 Å². The summed E-state index contributed by atoms with van der Waals surface area (Å²) in [4.78, 5) is 4.38. The van der Waals surface area contributed by atoms with Gasteiger partial charge < -0.3 is 10.3 Å². The minimum Gasteiger partial charge on any atom is -0.312 e. The van der Waals surface area contributed by atoms with E-state index in [1.54, 1.807) is 6.07 Å². The van der Waals surface area contributed by atoms with Gasteiger partial charge in [-0.2, -0.15) is 0 Å². The van der Waals surface area contributed by atoms with Crippen molar-refractivity contribution in [1.29, 1.82) is 0 Å². The zero-order chi connectivity index (χ0) is 11.8. The fourth-order valence-corrected chi connectivity index (χ4v) is 2.41. The van der Waals surface area contributed by atoms with Crippen LogP contribution in [0.5, 0.6) is 0 Å². The summed E-state index contributed by atoms with van der Waals surface area (Å²) in [6.45, 7) is 0. The Labute approximate surface area is 99.1 Å². The molecule has 2 aromatic rings. The molecule has 0 saturated heterocycles. The van der Waals surface area contributed by atoms with Crippen molar-refractivity contribution >= 4 is 0 Å². The summed E-state index contributed by atoms with van der Waals surface area (Å²) in [7, 11) is 0. The van der Waals surface area contributed by atoms with E-state index < -0.39 is 0 Å². The van der Waals surface area contributed by atoms with Crippen molar-refractivity contribution in [2.75, 3.05) is 0 Å². The molecule has 0 fully saturated rings. The molecule has 0 spiro atoms. The largest absolute Gasteiger partial charge is 0.312 e. The van der Waals surface area contributed by atoms with Crippen LogP contribution in [0.4, 0.5) is 4.39 Å². The molecule has 1 aliphatic heterocycles. The van der Waals surface area contributed by atoms with E-state index in [0.29, 0.717) is 0 Å². The van der Waals surface area contributed by atoms with Crippen LogP contribution in [-0.2, 0) is 6.42 Å². The van der Waals surface area contributed by atoms with Crippen LogP contribution >= 0.6 is 0 Å². The number of nitrogens with two attached hydrogens (primary N) is 1. The number of rotatable bonds is 1. The number of hydrogen-bond acceptors (Lipinski definition) is 2. The van der Waals surface area contributed by atoms with Crippen LogP contribution in [0.2, 0.25) is 0 Å². The molecule has 3 nitrogen and oxygen atoms in total. The second-order valence-electron chi connectivity index (χ2n) is 4.41. The van der Waals surface area contributed by atoms with Crippen LogP contribution < -0.4 is 5.73 Å². The zero-order valence-electron chi connectivity index (χ0n) is 9.44. The van der Waals surface area contributed by atoms with Crippen LogP contribution in [0, 0.1) is 5.82 Å². The molecule has 0 amide bonds. The number of fused-ring (bicyclic) bond motifs is 1. The lowest BCUT2D eigenvalue weighted by Crippen LogP contribution is -2.25. The third-order valence-electron chi connectivity index (χ3n) is 3.22. The quantitative estimate of drug-likeness (QED) is 0.819. The lowest BCUT2D eigenvalue weighted by atomic mass is 10.1. The first-order valence-electron chi connectivity index (χ1n) is 5.83. The lowest BCUT2D eigenvalue weighted by molar-refractivity contribution is 0.418. The summed E-state index contributed by atoms with van der Waals surface area (Å²) >= 11 is 0. The van der Waals surface area contributed by atoms with Gasteiger partial charge in [0.1, 0.15) is 11.6 Å². The van der Waals surface area contributed by atoms with Gasteiger partial charge in [-0.1, -0.05) is 12.1 Å². The van der Waals surface area contributed by atoms with E-state index in [1.165, 1.54) is 12.1 Å². The molecule has 3 rings (SSSR count). The van der Waals surface area contributed by atoms with Gasteiger partial charge in [-0.3, -0.25) is 0 Å². The minimum atomic E-state index is -0.246. The Bertz CT molecular complexity index is 547. The minimum absolute atomic E-state index is 0.0421. The van der Waals surface area contributed by atoms with Crippen molar-refractivity contribution in [3.63, 3.8) is 0 Å². The van der Waals surface area contributed by atoms with E-state index >= 15 is 0 Å². The highest BCUT2D eigenvalue weighted by Crippen LogP contribution is 2.28. The summed E-state index contributed by atoms with van der Waals surface area (Å²) in [5.41, 5.74) is 8.02. The normalized spacial score (nSPS) is 19.1. The molecule has 1 atom stereocenters. The fraction of sp³-hybridized carbons (Fsp3) is 0.308. The first-order chi connectivity index (χ1) is 8.25. The summed E-state index contributed by atoms with van der Waals surface area (Å²) < 4.78 is 15.2. The molecule has 88 valence electrons. The van der Waals surface area contributed by atoms with E-state index in [-0.39, 0.29) is 12.0 Å². The molecule has 17 heavy (non-hydrogen) atoms. The monoisotopic (exact) mass is 231 g/mol. The molecule has 2 heterocycles.